The van der Waals surface area contributed by atoms with Crippen LogP contribution in [-0.2, 0) is 4.79 Å². The molecular weight excluding hydrogens is 218 g/mol. The Balaban J connectivity index is 2.45. The molecule has 1 fully saturated rings. The molecule has 0 atom stereocenters. The summed E-state index contributed by atoms with van der Waals surface area (Å²) in [6.07, 6.45) is 4.98. The van der Waals surface area contributed by atoms with Gasteiger partial charge < -0.3 is 4.90 Å². The number of amides is 1. The first-order chi connectivity index (χ1) is 5.75. The highest BCUT2D eigenvalue weighted by Gasteiger charge is 2.23. The van der Waals surface area contributed by atoms with Crippen LogP contribution in [0.5, 0.6) is 0 Å². The fourth-order valence-corrected chi connectivity index (χ4v) is 2.29. The summed E-state index contributed by atoms with van der Waals surface area (Å²) in [4.78, 5) is 13.2. The predicted molar refractivity (Wildman–Crippen MR) is 53.4 cm³/mol. The quantitative estimate of drug-likeness (QED) is 0.685. The summed E-state index contributed by atoms with van der Waals surface area (Å²) in [6, 6.07) is 0.528. The van der Waals surface area contributed by atoms with E-state index < -0.39 is 0 Å². The molecule has 3 heteroatoms. The van der Waals surface area contributed by atoms with Gasteiger partial charge in [-0.3, -0.25) is 4.79 Å². The van der Waals surface area contributed by atoms with Crippen LogP contribution in [0.3, 0.4) is 0 Å². The third-order valence-corrected chi connectivity index (χ3v) is 2.85. The first-order valence-corrected chi connectivity index (χ1v) is 5.71. The number of rotatable bonds is 3. The van der Waals surface area contributed by atoms with Crippen LogP contribution >= 0.6 is 15.9 Å². The predicted octanol–water partition coefficient (Wildman–Crippen LogP) is 2.17. The van der Waals surface area contributed by atoms with Crippen molar-refractivity contribution in [1.82, 2.24) is 4.90 Å². The summed E-state index contributed by atoms with van der Waals surface area (Å²) in [5.74, 6) is 0.223. The van der Waals surface area contributed by atoms with Gasteiger partial charge in [-0.05, 0) is 12.8 Å². The first kappa shape index (κ1) is 10.0. The zero-order chi connectivity index (χ0) is 8.97. The van der Waals surface area contributed by atoms with E-state index in [2.05, 4.69) is 15.9 Å². The second kappa shape index (κ2) is 4.85. The van der Waals surface area contributed by atoms with E-state index in [0.717, 1.165) is 11.9 Å². The van der Waals surface area contributed by atoms with Crippen LogP contribution in [0.25, 0.3) is 0 Å². The Bertz CT molecular complexity index is 155. The number of nitrogens with zero attached hydrogens (tertiary/aromatic N) is 1. The first-order valence-electron chi connectivity index (χ1n) is 4.59. The Kier molecular flexibility index (Phi) is 4.06. The van der Waals surface area contributed by atoms with Crippen molar-refractivity contribution < 1.29 is 4.79 Å². The van der Waals surface area contributed by atoms with Crippen molar-refractivity contribution in [3.8, 4) is 0 Å². The summed E-state index contributed by atoms with van der Waals surface area (Å²) >= 11 is 3.37. The third-order valence-electron chi connectivity index (χ3n) is 2.50. The fraction of sp³-hybridized carbons (Fsp3) is 0.889. The van der Waals surface area contributed by atoms with Crippen molar-refractivity contribution in [2.24, 2.45) is 0 Å². The number of hydrogen-bond acceptors (Lipinski definition) is 1. The molecule has 1 aliphatic carbocycles. The minimum absolute atomic E-state index is 0.223. The average molecular weight is 234 g/mol. The summed E-state index contributed by atoms with van der Waals surface area (Å²) in [7, 11) is 0. The SMILES string of the molecule is CC(=O)N(CCBr)C1CCCC1. The van der Waals surface area contributed by atoms with Crippen molar-refractivity contribution in [1.29, 1.82) is 0 Å². The lowest BCUT2D eigenvalue weighted by molar-refractivity contribution is -0.130. The topological polar surface area (TPSA) is 20.3 Å². The molecule has 0 aromatic rings. The van der Waals surface area contributed by atoms with E-state index in [-0.39, 0.29) is 5.91 Å². The lowest BCUT2D eigenvalue weighted by Gasteiger charge is -2.26. The summed E-state index contributed by atoms with van der Waals surface area (Å²) in [5, 5.41) is 0.892. The molecule has 0 bridgehead atoms. The lowest BCUT2D eigenvalue weighted by Crippen LogP contribution is -2.38. The Labute approximate surface area is 82.4 Å². The summed E-state index contributed by atoms with van der Waals surface area (Å²) < 4.78 is 0. The van der Waals surface area contributed by atoms with Crippen LogP contribution in [0.2, 0.25) is 0 Å². The average Bonchev–Trinajstić information content (AvgIpc) is 2.51. The van der Waals surface area contributed by atoms with E-state index in [1.165, 1.54) is 25.7 Å². The number of carbonyl (C=O) groups excluding carboxylic acids is 1. The van der Waals surface area contributed by atoms with Gasteiger partial charge >= 0.3 is 0 Å². The minimum atomic E-state index is 0.223. The van der Waals surface area contributed by atoms with Gasteiger partial charge in [0.1, 0.15) is 0 Å². The molecular formula is C9H16BrNO. The van der Waals surface area contributed by atoms with Gasteiger partial charge in [-0.25, -0.2) is 0 Å². The second-order valence-corrected chi connectivity index (χ2v) is 4.13. The molecule has 0 N–H and O–H groups in total. The molecule has 0 heterocycles. The molecule has 12 heavy (non-hydrogen) atoms. The maximum absolute atomic E-state index is 11.2. The highest BCUT2D eigenvalue weighted by molar-refractivity contribution is 9.09. The number of hydrogen-bond donors (Lipinski definition) is 0. The second-order valence-electron chi connectivity index (χ2n) is 3.34. The van der Waals surface area contributed by atoms with Crippen LogP contribution in [0.15, 0.2) is 0 Å². The molecule has 0 aromatic carbocycles. The lowest BCUT2D eigenvalue weighted by atomic mass is 10.2. The van der Waals surface area contributed by atoms with E-state index >= 15 is 0 Å². The molecule has 1 saturated carbocycles. The van der Waals surface area contributed by atoms with Crippen LogP contribution in [-0.4, -0.2) is 28.7 Å². The van der Waals surface area contributed by atoms with Gasteiger partial charge in [0.25, 0.3) is 0 Å². The van der Waals surface area contributed by atoms with Crippen molar-refractivity contribution in [2.45, 2.75) is 38.6 Å². The minimum Gasteiger partial charge on any atom is -0.339 e. The van der Waals surface area contributed by atoms with Crippen molar-refractivity contribution in [2.75, 3.05) is 11.9 Å². The normalized spacial score (nSPS) is 18.2. The standard InChI is InChI=1S/C9H16BrNO/c1-8(12)11(7-6-10)9-4-2-3-5-9/h9H,2-7H2,1H3. The van der Waals surface area contributed by atoms with E-state index in [4.69, 9.17) is 0 Å². The van der Waals surface area contributed by atoms with Crippen LogP contribution in [0, 0.1) is 0 Å². The molecule has 0 saturated heterocycles. The van der Waals surface area contributed by atoms with Crippen molar-refractivity contribution >= 4 is 21.8 Å². The van der Waals surface area contributed by atoms with Crippen molar-refractivity contribution in [3.05, 3.63) is 0 Å². The molecule has 0 aliphatic heterocycles. The van der Waals surface area contributed by atoms with Gasteiger partial charge in [0, 0.05) is 24.8 Å². The fourth-order valence-electron chi connectivity index (χ4n) is 1.90. The maximum atomic E-state index is 11.2. The highest BCUT2D eigenvalue weighted by Crippen LogP contribution is 2.23. The van der Waals surface area contributed by atoms with Gasteiger partial charge in [-0.1, -0.05) is 28.8 Å². The zero-order valence-corrected chi connectivity index (χ0v) is 9.14. The molecule has 1 amide bonds. The monoisotopic (exact) mass is 233 g/mol. The van der Waals surface area contributed by atoms with Gasteiger partial charge in [0.15, 0.2) is 0 Å². The van der Waals surface area contributed by atoms with Crippen LogP contribution < -0.4 is 0 Å². The number of halogens is 1. The molecule has 70 valence electrons. The van der Waals surface area contributed by atoms with E-state index in [1.54, 1.807) is 6.92 Å². The molecule has 0 unspecified atom stereocenters. The molecule has 0 spiro atoms. The number of carbonyl (C=O) groups is 1. The Morgan fingerprint density at radius 1 is 1.50 bits per heavy atom. The highest BCUT2D eigenvalue weighted by atomic mass is 79.9. The number of alkyl halides is 1. The Morgan fingerprint density at radius 2 is 2.08 bits per heavy atom. The van der Waals surface area contributed by atoms with E-state index in [1.807, 2.05) is 4.90 Å². The van der Waals surface area contributed by atoms with Gasteiger partial charge in [-0.15, -0.1) is 0 Å². The molecule has 0 radical (unpaired) electrons. The zero-order valence-electron chi connectivity index (χ0n) is 7.55. The van der Waals surface area contributed by atoms with Crippen LogP contribution in [0.1, 0.15) is 32.6 Å². The largest absolute Gasteiger partial charge is 0.339 e. The van der Waals surface area contributed by atoms with E-state index in [9.17, 15) is 4.79 Å². The van der Waals surface area contributed by atoms with Crippen LogP contribution in [0.4, 0.5) is 0 Å². The molecule has 0 aromatic heterocycles. The summed E-state index contributed by atoms with van der Waals surface area (Å²) in [5.41, 5.74) is 0. The van der Waals surface area contributed by atoms with E-state index in [0.29, 0.717) is 6.04 Å². The molecule has 1 aliphatic rings. The molecule has 2 nitrogen and oxygen atoms in total. The maximum Gasteiger partial charge on any atom is 0.219 e. The third kappa shape index (κ3) is 2.47. The van der Waals surface area contributed by atoms with Gasteiger partial charge in [0.2, 0.25) is 5.91 Å². The summed E-state index contributed by atoms with van der Waals surface area (Å²) in [6.45, 7) is 2.53. The molecule has 1 rings (SSSR count). The smallest absolute Gasteiger partial charge is 0.219 e. The van der Waals surface area contributed by atoms with Gasteiger partial charge in [0.05, 0.1) is 0 Å². The van der Waals surface area contributed by atoms with Gasteiger partial charge in [-0.2, -0.15) is 0 Å². The Morgan fingerprint density at radius 3 is 2.50 bits per heavy atom. The van der Waals surface area contributed by atoms with Crippen molar-refractivity contribution in [3.63, 3.8) is 0 Å². The Hall–Kier alpha value is -0.0500.